The molecule has 25 heavy (non-hydrogen) atoms. The average Bonchev–Trinajstić information content (AvgIpc) is 2.87. The molecule has 0 saturated heterocycles. The maximum atomic E-state index is 12.3. The fraction of sp³-hybridized carbons (Fsp3) is 0.810. The maximum absolute atomic E-state index is 12.3. The number of allylic oxidation sites excluding steroid dienone is 1. The Hall–Kier alpha value is -1.00. The average molecular weight is 346 g/mol. The number of fused-ring (bicyclic) bond motifs is 5. The van der Waals surface area contributed by atoms with Crippen LogP contribution in [-0.4, -0.2) is 34.0 Å². The van der Waals surface area contributed by atoms with Crippen molar-refractivity contribution in [3.8, 4) is 0 Å². The lowest BCUT2D eigenvalue weighted by molar-refractivity contribution is -0.164. The molecule has 4 aliphatic rings. The van der Waals surface area contributed by atoms with Crippen LogP contribution in [0.5, 0.6) is 0 Å². The lowest BCUT2D eigenvalue weighted by atomic mass is 9.46. The van der Waals surface area contributed by atoms with Crippen LogP contribution in [0.3, 0.4) is 0 Å². The van der Waals surface area contributed by atoms with Gasteiger partial charge in [-0.1, -0.05) is 19.4 Å². The molecule has 4 nitrogen and oxygen atoms in total. The lowest BCUT2D eigenvalue weighted by Gasteiger charge is -2.58. The molecule has 2 N–H and O–H groups in total. The van der Waals surface area contributed by atoms with Crippen molar-refractivity contribution in [2.45, 2.75) is 70.8 Å². The van der Waals surface area contributed by atoms with Crippen molar-refractivity contribution in [2.75, 3.05) is 6.61 Å². The molecule has 0 aromatic rings. The molecule has 6 atom stereocenters. The second-order valence-corrected chi connectivity index (χ2v) is 9.41. The molecular formula is C21H30O4. The minimum Gasteiger partial charge on any atom is -0.388 e. The van der Waals surface area contributed by atoms with Crippen molar-refractivity contribution in [1.82, 2.24) is 0 Å². The first kappa shape index (κ1) is 17.4. The molecule has 0 aromatic carbocycles. The number of carbonyl (C=O) groups excluding carboxylic acids is 2. The monoisotopic (exact) mass is 346 g/mol. The summed E-state index contributed by atoms with van der Waals surface area (Å²) in [5.41, 5.74) is -0.333. The summed E-state index contributed by atoms with van der Waals surface area (Å²) in [5.74, 6) is 1.26. The van der Waals surface area contributed by atoms with Gasteiger partial charge >= 0.3 is 0 Å². The van der Waals surface area contributed by atoms with Gasteiger partial charge in [-0.25, -0.2) is 0 Å². The van der Waals surface area contributed by atoms with E-state index in [2.05, 4.69) is 13.8 Å². The number of ketones is 2. The van der Waals surface area contributed by atoms with Crippen LogP contribution in [0, 0.1) is 28.6 Å². The topological polar surface area (TPSA) is 74.6 Å². The number of carbonyl (C=O) groups is 2. The number of Topliss-reactive ketones (excluding diaryl/α,β-unsaturated/α-hetero) is 1. The second kappa shape index (κ2) is 5.50. The Morgan fingerprint density at radius 2 is 1.84 bits per heavy atom. The molecular weight excluding hydrogens is 316 g/mol. The van der Waals surface area contributed by atoms with Crippen LogP contribution in [0.25, 0.3) is 0 Å². The van der Waals surface area contributed by atoms with E-state index in [1.54, 1.807) is 0 Å². The highest BCUT2D eigenvalue weighted by Crippen LogP contribution is 2.67. The third-order valence-corrected chi connectivity index (χ3v) is 8.72. The van der Waals surface area contributed by atoms with Crippen LogP contribution in [0.2, 0.25) is 0 Å². The number of hydrogen-bond acceptors (Lipinski definition) is 4. The number of rotatable bonds is 2. The van der Waals surface area contributed by atoms with E-state index in [9.17, 15) is 19.8 Å². The van der Waals surface area contributed by atoms with Gasteiger partial charge in [0.1, 0.15) is 12.2 Å². The highest BCUT2D eigenvalue weighted by molar-refractivity contribution is 5.91. The first-order chi connectivity index (χ1) is 11.8. The summed E-state index contributed by atoms with van der Waals surface area (Å²) in [5, 5.41) is 20.5. The van der Waals surface area contributed by atoms with E-state index in [1.165, 1.54) is 5.57 Å². The minimum absolute atomic E-state index is 0.111. The van der Waals surface area contributed by atoms with Crippen molar-refractivity contribution >= 4 is 11.6 Å². The van der Waals surface area contributed by atoms with Gasteiger partial charge in [0.2, 0.25) is 0 Å². The quantitative estimate of drug-likeness (QED) is 0.806. The van der Waals surface area contributed by atoms with Gasteiger partial charge in [0.05, 0.1) is 0 Å². The van der Waals surface area contributed by atoms with E-state index in [0.717, 1.165) is 38.5 Å². The van der Waals surface area contributed by atoms with E-state index in [0.29, 0.717) is 30.6 Å². The van der Waals surface area contributed by atoms with Crippen LogP contribution in [-0.2, 0) is 9.59 Å². The molecule has 0 unspecified atom stereocenters. The van der Waals surface area contributed by atoms with Gasteiger partial charge in [-0.15, -0.1) is 0 Å². The number of hydrogen-bond donors (Lipinski definition) is 2. The zero-order valence-corrected chi connectivity index (χ0v) is 15.4. The van der Waals surface area contributed by atoms with Gasteiger partial charge in [0, 0.05) is 11.8 Å². The van der Waals surface area contributed by atoms with Crippen molar-refractivity contribution in [3.05, 3.63) is 11.6 Å². The fourth-order valence-electron chi connectivity index (χ4n) is 7.16. The lowest BCUT2D eigenvalue weighted by Crippen LogP contribution is -2.58. The van der Waals surface area contributed by atoms with Crippen molar-refractivity contribution in [2.24, 2.45) is 28.6 Å². The second-order valence-electron chi connectivity index (χ2n) is 9.41. The SMILES string of the molecule is C[C@@]12CCC(=O)C=C1CC[C@@H]1[C@@H]2CC[C@]2(C)[C@H]1CC[C@@]2(O)C(=O)CO. The van der Waals surface area contributed by atoms with E-state index in [-0.39, 0.29) is 11.2 Å². The molecule has 138 valence electrons. The molecule has 3 saturated carbocycles. The number of aliphatic hydroxyl groups is 2. The van der Waals surface area contributed by atoms with Crippen LogP contribution < -0.4 is 0 Å². The first-order valence-electron chi connectivity index (χ1n) is 9.87. The smallest absolute Gasteiger partial charge is 0.190 e. The van der Waals surface area contributed by atoms with E-state index in [1.807, 2.05) is 6.08 Å². The normalized spacial score (nSPS) is 49.0. The van der Waals surface area contributed by atoms with Crippen molar-refractivity contribution in [3.63, 3.8) is 0 Å². The molecule has 0 amide bonds. The largest absolute Gasteiger partial charge is 0.388 e. The molecule has 4 rings (SSSR count). The summed E-state index contributed by atoms with van der Waals surface area (Å²) in [6, 6.07) is 0. The maximum Gasteiger partial charge on any atom is 0.190 e. The summed E-state index contributed by atoms with van der Waals surface area (Å²) in [6.07, 6.45) is 8.72. The third-order valence-electron chi connectivity index (χ3n) is 8.72. The predicted molar refractivity (Wildman–Crippen MR) is 93.8 cm³/mol. The van der Waals surface area contributed by atoms with E-state index < -0.39 is 23.4 Å². The summed E-state index contributed by atoms with van der Waals surface area (Å²) < 4.78 is 0. The highest BCUT2D eigenvalue weighted by Gasteiger charge is 2.65. The Bertz CT molecular complexity index is 652. The molecule has 0 aliphatic heterocycles. The summed E-state index contributed by atoms with van der Waals surface area (Å²) >= 11 is 0. The molecule has 0 aromatic heterocycles. The van der Waals surface area contributed by atoms with Gasteiger partial charge in [0.25, 0.3) is 0 Å². The van der Waals surface area contributed by atoms with Gasteiger partial charge in [0.15, 0.2) is 11.6 Å². The molecule has 3 fully saturated rings. The molecule has 0 heterocycles. The molecule has 0 bridgehead atoms. The van der Waals surface area contributed by atoms with Crippen LogP contribution >= 0.6 is 0 Å². The Balaban J connectivity index is 1.68. The van der Waals surface area contributed by atoms with Gasteiger partial charge in [-0.3, -0.25) is 9.59 Å². The van der Waals surface area contributed by atoms with Gasteiger partial charge in [-0.2, -0.15) is 0 Å². The summed E-state index contributed by atoms with van der Waals surface area (Å²) in [6.45, 7) is 3.84. The zero-order chi connectivity index (χ0) is 18.0. The Labute approximate surface area is 149 Å². The molecule has 0 spiro atoms. The summed E-state index contributed by atoms with van der Waals surface area (Å²) in [4.78, 5) is 24.2. The zero-order valence-electron chi connectivity index (χ0n) is 15.4. The van der Waals surface area contributed by atoms with Crippen LogP contribution in [0.4, 0.5) is 0 Å². The fourth-order valence-corrected chi connectivity index (χ4v) is 7.16. The highest BCUT2D eigenvalue weighted by atomic mass is 16.3. The first-order valence-corrected chi connectivity index (χ1v) is 9.87. The van der Waals surface area contributed by atoms with Crippen molar-refractivity contribution < 1.29 is 19.8 Å². The van der Waals surface area contributed by atoms with Gasteiger partial charge in [-0.05, 0) is 74.2 Å². The minimum atomic E-state index is -1.36. The molecule has 4 heteroatoms. The van der Waals surface area contributed by atoms with E-state index >= 15 is 0 Å². The third kappa shape index (κ3) is 2.13. The standard InChI is InChI=1S/C21H30O4/c1-19-8-5-14(23)11-13(19)3-4-15-16(19)6-9-20(2)17(15)7-10-21(20,25)18(24)12-22/h11,15-17,22,25H,3-10,12H2,1-2H3/t15-,16+,17+,19-,20-,21-/m1/s1. The predicted octanol–water partition coefficient (Wildman–Crippen LogP) is 2.81. The van der Waals surface area contributed by atoms with Crippen LogP contribution in [0.1, 0.15) is 65.2 Å². The van der Waals surface area contributed by atoms with Crippen LogP contribution in [0.15, 0.2) is 11.6 Å². The Kier molecular flexibility index (Phi) is 3.83. The Morgan fingerprint density at radius 1 is 1.12 bits per heavy atom. The molecule has 4 aliphatic carbocycles. The van der Waals surface area contributed by atoms with E-state index in [4.69, 9.17) is 0 Å². The van der Waals surface area contributed by atoms with Gasteiger partial charge < -0.3 is 10.2 Å². The summed E-state index contributed by atoms with van der Waals surface area (Å²) in [7, 11) is 0. The Morgan fingerprint density at radius 3 is 2.56 bits per heavy atom. The number of aliphatic hydroxyl groups excluding tert-OH is 1. The molecule has 0 radical (unpaired) electrons. The van der Waals surface area contributed by atoms with Crippen molar-refractivity contribution in [1.29, 1.82) is 0 Å².